The van der Waals surface area contributed by atoms with Gasteiger partial charge in [-0.2, -0.15) is 0 Å². The predicted octanol–water partition coefficient (Wildman–Crippen LogP) is 2.89. The van der Waals surface area contributed by atoms with Gasteiger partial charge in [0, 0.05) is 31.2 Å². The second-order valence-electron chi connectivity index (χ2n) is 7.42. The molecule has 1 N–H and O–H groups in total. The molecule has 1 saturated heterocycles. The molecular weight excluding hydrogens is 220 g/mol. The molecule has 1 aliphatic heterocycles. The second-order valence-corrected chi connectivity index (χ2v) is 7.42. The van der Waals surface area contributed by atoms with E-state index < -0.39 is 0 Å². The molecule has 2 aliphatic carbocycles. The van der Waals surface area contributed by atoms with Gasteiger partial charge in [-0.25, -0.2) is 0 Å². The van der Waals surface area contributed by atoms with Crippen LogP contribution in [-0.2, 0) is 0 Å². The smallest absolute Gasteiger partial charge is 0.0309 e. The topological polar surface area (TPSA) is 15.3 Å². The highest BCUT2D eigenvalue weighted by molar-refractivity contribution is 5.06. The number of nitrogens with zero attached hydrogens (tertiary/aromatic N) is 1. The molecular formula is C16H30N2. The van der Waals surface area contributed by atoms with Gasteiger partial charge in [0.15, 0.2) is 0 Å². The average molecular weight is 250 g/mol. The van der Waals surface area contributed by atoms with Gasteiger partial charge in [0.25, 0.3) is 0 Å². The zero-order valence-corrected chi connectivity index (χ0v) is 12.4. The zero-order valence-electron chi connectivity index (χ0n) is 12.4. The molecule has 2 heteroatoms. The monoisotopic (exact) mass is 250 g/mol. The summed E-state index contributed by atoms with van der Waals surface area (Å²) in [6.45, 7) is 11.1. The van der Waals surface area contributed by atoms with Crippen LogP contribution >= 0.6 is 0 Å². The van der Waals surface area contributed by atoms with E-state index in [-0.39, 0.29) is 0 Å². The standard InChI is InChI=1S/C16H30N2/c1-4-12(2)10-18-11-16(3,14-7-8-14)17-9-15(18)13-5-6-13/h12-15,17H,4-11H2,1-3H3. The summed E-state index contributed by atoms with van der Waals surface area (Å²) in [4.78, 5) is 2.85. The normalized spacial score (nSPS) is 39.8. The van der Waals surface area contributed by atoms with E-state index in [9.17, 15) is 0 Å². The van der Waals surface area contributed by atoms with Crippen molar-refractivity contribution >= 4 is 0 Å². The van der Waals surface area contributed by atoms with Gasteiger partial charge in [-0.15, -0.1) is 0 Å². The van der Waals surface area contributed by atoms with Gasteiger partial charge in [0.2, 0.25) is 0 Å². The lowest BCUT2D eigenvalue weighted by Gasteiger charge is -2.48. The molecule has 3 aliphatic rings. The van der Waals surface area contributed by atoms with Crippen molar-refractivity contribution in [1.29, 1.82) is 0 Å². The number of rotatable bonds is 5. The van der Waals surface area contributed by atoms with E-state index in [0.29, 0.717) is 5.54 Å². The summed E-state index contributed by atoms with van der Waals surface area (Å²) >= 11 is 0. The van der Waals surface area contributed by atoms with Crippen LogP contribution in [0.25, 0.3) is 0 Å². The molecule has 1 heterocycles. The Kier molecular flexibility index (Phi) is 3.44. The summed E-state index contributed by atoms with van der Waals surface area (Å²) in [6.07, 6.45) is 7.18. The lowest BCUT2D eigenvalue weighted by atomic mass is 9.89. The molecule has 0 aromatic heterocycles. The van der Waals surface area contributed by atoms with Crippen LogP contribution in [0.4, 0.5) is 0 Å². The third-order valence-electron chi connectivity index (χ3n) is 5.60. The maximum atomic E-state index is 3.91. The fraction of sp³-hybridized carbons (Fsp3) is 1.00. The summed E-state index contributed by atoms with van der Waals surface area (Å²) in [5.41, 5.74) is 0.416. The van der Waals surface area contributed by atoms with Crippen molar-refractivity contribution in [1.82, 2.24) is 10.2 Å². The molecule has 0 spiro atoms. The highest BCUT2D eigenvalue weighted by Gasteiger charge is 2.48. The molecule has 0 bridgehead atoms. The Morgan fingerprint density at radius 3 is 2.56 bits per heavy atom. The predicted molar refractivity (Wildman–Crippen MR) is 76.7 cm³/mol. The second kappa shape index (κ2) is 4.79. The van der Waals surface area contributed by atoms with Gasteiger partial charge in [-0.3, -0.25) is 4.90 Å². The third kappa shape index (κ3) is 2.60. The number of nitrogens with one attached hydrogen (secondary N) is 1. The third-order valence-corrected chi connectivity index (χ3v) is 5.60. The lowest BCUT2D eigenvalue weighted by molar-refractivity contribution is 0.0525. The first kappa shape index (κ1) is 12.9. The molecule has 0 aromatic carbocycles. The Hall–Kier alpha value is -0.0800. The maximum Gasteiger partial charge on any atom is 0.0309 e. The molecule has 104 valence electrons. The van der Waals surface area contributed by atoms with E-state index in [1.165, 1.54) is 51.7 Å². The molecule has 3 rings (SSSR count). The van der Waals surface area contributed by atoms with Crippen LogP contribution < -0.4 is 5.32 Å². The minimum atomic E-state index is 0.416. The van der Waals surface area contributed by atoms with E-state index in [1.807, 2.05) is 0 Å². The van der Waals surface area contributed by atoms with Crippen molar-refractivity contribution in [2.45, 2.75) is 64.5 Å². The first-order valence-electron chi connectivity index (χ1n) is 8.11. The summed E-state index contributed by atoms with van der Waals surface area (Å²) in [5.74, 6) is 2.81. The van der Waals surface area contributed by atoms with E-state index in [1.54, 1.807) is 0 Å². The Bertz CT molecular complexity index is 295. The van der Waals surface area contributed by atoms with Gasteiger partial charge in [-0.1, -0.05) is 20.3 Å². The minimum absolute atomic E-state index is 0.416. The minimum Gasteiger partial charge on any atom is -0.308 e. The van der Waals surface area contributed by atoms with Crippen LogP contribution in [0.2, 0.25) is 0 Å². The van der Waals surface area contributed by atoms with E-state index in [2.05, 4.69) is 31.0 Å². The van der Waals surface area contributed by atoms with Gasteiger partial charge in [0.1, 0.15) is 0 Å². The van der Waals surface area contributed by atoms with Crippen molar-refractivity contribution in [2.75, 3.05) is 19.6 Å². The zero-order chi connectivity index (χ0) is 12.8. The molecule has 2 saturated carbocycles. The molecule has 3 atom stereocenters. The summed E-state index contributed by atoms with van der Waals surface area (Å²) < 4.78 is 0. The van der Waals surface area contributed by atoms with Gasteiger partial charge in [-0.05, 0) is 50.4 Å². The molecule has 0 radical (unpaired) electrons. The van der Waals surface area contributed by atoms with Crippen molar-refractivity contribution < 1.29 is 0 Å². The highest BCUT2D eigenvalue weighted by atomic mass is 15.3. The Morgan fingerprint density at radius 1 is 1.28 bits per heavy atom. The highest BCUT2D eigenvalue weighted by Crippen LogP contribution is 2.44. The van der Waals surface area contributed by atoms with Gasteiger partial charge >= 0.3 is 0 Å². The first-order chi connectivity index (χ1) is 8.62. The summed E-state index contributed by atoms with van der Waals surface area (Å²) in [5, 5.41) is 3.91. The van der Waals surface area contributed by atoms with Crippen LogP contribution in [0.1, 0.15) is 52.9 Å². The van der Waals surface area contributed by atoms with Crippen LogP contribution in [0.15, 0.2) is 0 Å². The van der Waals surface area contributed by atoms with Gasteiger partial charge in [0.05, 0.1) is 0 Å². The largest absolute Gasteiger partial charge is 0.308 e. The quantitative estimate of drug-likeness (QED) is 0.807. The molecule has 2 nitrogen and oxygen atoms in total. The number of hydrogen-bond donors (Lipinski definition) is 1. The number of piperazine rings is 1. The fourth-order valence-electron chi connectivity index (χ4n) is 3.73. The van der Waals surface area contributed by atoms with Crippen molar-refractivity contribution in [2.24, 2.45) is 17.8 Å². The summed E-state index contributed by atoms with van der Waals surface area (Å²) in [7, 11) is 0. The Morgan fingerprint density at radius 2 is 2.00 bits per heavy atom. The lowest BCUT2D eigenvalue weighted by Crippen LogP contribution is -2.65. The van der Waals surface area contributed by atoms with Crippen LogP contribution in [0, 0.1) is 17.8 Å². The molecule has 3 unspecified atom stereocenters. The molecule has 0 amide bonds. The average Bonchev–Trinajstić information content (AvgIpc) is 3.17. The molecule has 0 aromatic rings. The Balaban J connectivity index is 1.66. The molecule has 3 fully saturated rings. The first-order valence-corrected chi connectivity index (χ1v) is 8.11. The van der Waals surface area contributed by atoms with Crippen molar-refractivity contribution in [3.8, 4) is 0 Å². The Labute approximate surface area is 113 Å². The maximum absolute atomic E-state index is 3.91. The van der Waals surface area contributed by atoms with Crippen LogP contribution in [-0.4, -0.2) is 36.1 Å². The van der Waals surface area contributed by atoms with Crippen LogP contribution in [0.5, 0.6) is 0 Å². The number of hydrogen-bond acceptors (Lipinski definition) is 2. The summed E-state index contributed by atoms with van der Waals surface area (Å²) in [6, 6.07) is 0.839. The van der Waals surface area contributed by atoms with Crippen molar-refractivity contribution in [3.05, 3.63) is 0 Å². The van der Waals surface area contributed by atoms with E-state index in [4.69, 9.17) is 0 Å². The SMILES string of the molecule is CCC(C)CN1CC(C)(C2CC2)NCC1C1CC1. The molecule has 18 heavy (non-hydrogen) atoms. The van der Waals surface area contributed by atoms with E-state index in [0.717, 1.165) is 23.8 Å². The fourth-order valence-corrected chi connectivity index (χ4v) is 3.73. The van der Waals surface area contributed by atoms with E-state index >= 15 is 0 Å². The van der Waals surface area contributed by atoms with Gasteiger partial charge < -0.3 is 5.32 Å². The van der Waals surface area contributed by atoms with Crippen LogP contribution in [0.3, 0.4) is 0 Å². The van der Waals surface area contributed by atoms with Crippen molar-refractivity contribution in [3.63, 3.8) is 0 Å².